The van der Waals surface area contributed by atoms with Crippen LogP contribution in [0, 0.1) is 21.4 Å². The van der Waals surface area contributed by atoms with Crippen LogP contribution in [-0.4, -0.2) is 21.1 Å². The van der Waals surface area contributed by atoms with Gasteiger partial charge in [-0.15, -0.1) is 0 Å². The van der Waals surface area contributed by atoms with Crippen LogP contribution in [0.25, 0.3) is 11.3 Å². The molecule has 38 heavy (non-hydrogen) atoms. The summed E-state index contributed by atoms with van der Waals surface area (Å²) in [5.74, 6) is -0.579. The quantitative estimate of drug-likeness (QED) is 0.186. The Hall–Kier alpha value is -5.51. The highest BCUT2D eigenvalue weighted by molar-refractivity contribution is 5.82. The van der Waals surface area contributed by atoms with E-state index in [0.717, 1.165) is 24.3 Å². The number of aromatic nitrogens is 2. The van der Waals surface area contributed by atoms with E-state index < -0.39 is 27.9 Å². The molecule has 4 rings (SSSR count). The standard InChI is InChI=1S/C25H15F3N6O4/c26-25(27,28)17-7-4-8-18(12-17)38-21-10-9-15(11-20(21)34(36)37)14-30-33-24-31-22(16-5-2-1-3-6-16)19(13-29)23(35)32-24/h1-12,14H,(H2,31,32,33,35). The van der Waals surface area contributed by atoms with Crippen LogP contribution in [0.5, 0.6) is 11.5 Å². The van der Waals surface area contributed by atoms with Gasteiger partial charge in [0.2, 0.25) is 11.7 Å². The van der Waals surface area contributed by atoms with Gasteiger partial charge in [-0.05, 0) is 30.3 Å². The Morgan fingerprint density at radius 1 is 1.11 bits per heavy atom. The maximum Gasteiger partial charge on any atom is 0.416 e. The lowest BCUT2D eigenvalue weighted by Gasteiger charge is -2.10. The molecule has 0 spiro atoms. The highest BCUT2D eigenvalue weighted by Crippen LogP contribution is 2.35. The average Bonchev–Trinajstić information content (AvgIpc) is 2.89. The normalized spacial score (nSPS) is 11.2. The lowest BCUT2D eigenvalue weighted by Crippen LogP contribution is -2.16. The summed E-state index contributed by atoms with van der Waals surface area (Å²) in [5.41, 5.74) is 1.07. The van der Waals surface area contributed by atoms with Crippen molar-refractivity contribution < 1.29 is 22.8 Å². The van der Waals surface area contributed by atoms with Gasteiger partial charge in [-0.1, -0.05) is 36.4 Å². The summed E-state index contributed by atoms with van der Waals surface area (Å²) in [6.45, 7) is 0. The number of halogens is 3. The van der Waals surface area contributed by atoms with Crippen LogP contribution in [0.4, 0.5) is 24.8 Å². The number of hydrogen-bond donors (Lipinski definition) is 2. The second-order valence-electron chi connectivity index (χ2n) is 7.60. The average molecular weight is 520 g/mol. The van der Waals surface area contributed by atoms with Gasteiger partial charge in [0, 0.05) is 17.2 Å². The summed E-state index contributed by atoms with van der Waals surface area (Å²) in [6, 6.07) is 18.1. The zero-order valence-corrected chi connectivity index (χ0v) is 19.1. The van der Waals surface area contributed by atoms with E-state index in [1.165, 1.54) is 24.4 Å². The minimum absolute atomic E-state index is 0.0805. The predicted molar refractivity (Wildman–Crippen MR) is 131 cm³/mol. The molecule has 190 valence electrons. The van der Waals surface area contributed by atoms with Crippen molar-refractivity contribution in [2.24, 2.45) is 5.10 Å². The summed E-state index contributed by atoms with van der Waals surface area (Å²) in [5, 5.41) is 24.8. The van der Waals surface area contributed by atoms with Crippen LogP contribution in [0.3, 0.4) is 0 Å². The van der Waals surface area contributed by atoms with E-state index in [9.17, 15) is 33.3 Å². The molecule has 0 unspecified atom stereocenters. The van der Waals surface area contributed by atoms with E-state index in [1.807, 2.05) is 6.07 Å². The number of aromatic amines is 1. The fourth-order valence-corrected chi connectivity index (χ4v) is 3.31. The van der Waals surface area contributed by atoms with Crippen LogP contribution < -0.4 is 15.7 Å². The SMILES string of the molecule is N#Cc1c(-c2ccccc2)nc(NN=Cc2ccc(Oc3cccc(C(F)(F)F)c3)c([N+](=O)[O-])c2)[nH]c1=O. The molecule has 1 aromatic heterocycles. The third-order valence-electron chi connectivity index (χ3n) is 5.03. The molecule has 0 radical (unpaired) electrons. The first-order valence-corrected chi connectivity index (χ1v) is 10.7. The highest BCUT2D eigenvalue weighted by atomic mass is 19.4. The van der Waals surface area contributed by atoms with Crippen molar-refractivity contribution in [1.29, 1.82) is 5.26 Å². The van der Waals surface area contributed by atoms with Gasteiger partial charge in [0.25, 0.3) is 5.56 Å². The van der Waals surface area contributed by atoms with Crippen molar-refractivity contribution >= 4 is 17.9 Å². The summed E-state index contributed by atoms with van der Waals surface area (Å²) in [4.78, 5) is 29.7. The molecule has 13 heteroatoms. The number of alkyl halides is 3. The number of ether oxygens (including phenoxy) is 1. The van der Waals surface area contributed by atoms with Crippen molar-refractivity contribution in [1.82, 2.24) is 9.97 Å². The molecule has 0 aliphatic heterocycles. The lowest BCUT2D eigenvalue weighted by molar-refractivity contribution is -0.385. The maximum atomic E-state index is 13.0. The Kier molecular flexibility index (Phi) is 7.15. The topological polar surface area (TPSA) is 146 Å². The zero-order valence-electron chi connectivity index (χ0n) is 19.1. The molecule has 0 aliphatic carbocycles. The molecule has 0 amide bonds. The van der Waals surface area contributed by atoms with Gasteiger partial charge in [-0.2, -0.15) is 23.5 Å². The molecular weight excluding hydrogens is 505 g/mol. The van der Waals surface area contributed by atoms with E-state index in [2.05, 4.69) is 20.5 Å². The van der Waals surface area contributed by atoms with Crippen LogP contribution in [0.2, 0.25) is 0 Å². The lowest BCUT2D eigenvalue weighted by atomic mass is 10.1. The molecule has 1 heterocycles. The van der Waals surface area contributed by atoms with Crippen LogP contribution in [0.15, 0.2) is 82.7 Å². The Bertz CT molecular complexity index is 1630. The fraction of sp³-hybridized carbons (Fsp3) is 0.0400. The molecule has 2 N–H and O–H groups in total. The second-order valence-corrected chi connectivity index (χ2v) is 7.60. The Morgan fingerprint density at radius 2 is 1.87 bits per heavy atom. The molecule has 0 fully saturated rings. The number of hydrazone groups is 1. The molecular formula is C25H15F3N6O4. The third-order valence-corrected chi connectivity index (χ3v) is 5.03. The highest BCUT2D eigenvalue weighted by Gasteiger charge is 2.31. The van der Waals surface area contributed by atoms with Gasteiger partial charge in [0.05, 0.1) is 22.4 Å². The summed E-state index contributed by atoms with van der Waals surface area (Å²) >= 11 is 0. The van der Waals surface area contributed by atoms with E-state index in [-0.39, 0.29) is 34.3 Å². The molecule has 0 bridgehead atoms. The molecule has 0 saturated carbocycles. The Balaban J connectivity index is 1.57. The van der Waals surface area contributed by atoms with E-state index >= 15 is 0 Å². The number of nitrogens with zero attached hydrogens (tertiary/aromatic N) is 4. The Labute approximate surface area is 211 Å². The number of anilines is 1. The zero-order chi connectivity index (χ0) is 27.3. The fourth-order valence-electron chi connectivity index (χ4n) is 3.31. The summed E-state index contributed by atoms with van der Waals surface area (Å²) in [6.07, 6.45) is -3.41. The van der Waals surface area contributed by atoms with Crippen molar-refractivity contribution in [3.8, 4) is 28.8 Å². The largest absolute Gasteiger partial charge is 0.450 e. The van der Waals surface area contributed by atoms with Crippen molar-refractivity contribution in [2.45, 2.75) is 6.18 Å². The monoisotopic (exact) mass is 520 g/mol. The van der Waals surface area contributed by atoms with Crippen molar-refractivity contribution in [3.63, 3.8) is 0 Å². The molecule has 4 aromatic rings. The molecule has 3 aromatic carbocycles. The first-order valence-electron chi connectivity index (χ1n) is 10.7. The Morgan fingerprint density at radius 3 is 2.55 bits per heavy atom. The number of nitriles is 1. The smallest absolute Gasteiger partial charge is 0.416 e. The number of nitrogens with one attached hydrogen (secondary N) is 2. The number of rotatable bonds is 7. The van der Waals surface area contributed by atoms with Crippen molar-refractivity contribution in [2.75, 3.05) is 5.43 Å². The van der Waals surface area contributed by atoms with Gasteiger partial charge in [-0.25, -0.2) is 10.4 Å². The molecule has 0 aliphatic rings. The summed E-state index contributed by atoms with van der Waals surface area (Å²) in [7, 11) is 0. The number of nitro groups is 1. The maximum absolute atomic E-state index is 13.0. The van der Waals surface area contributed by atoms with Crippen LogP contribution in [0.1, 0.15) is 16.7 Å². The first kappa shape index (κ1) is 25.6. The van der Waals surface area contributed by atoms with Gasteiger partial charge >= 0.3 is 11.9 Å². The van der Waals surface area contributed by atoms with Gasteiger partial charge < -0.3 is 4.74 Å². The molecule has 0 saturated heterocycles. The van der Waals surface area contributed by atoms with Crippen LogP contribution >= 0.6 is 0 Å². The van der Waals surface area contributed by atoms with Crippen molar-refractivity contribution in [3.05, 3.63) is 110 Å². The third kappa shape index (κ3) is 5.82. The minimum Gasteiger partial charge on any atom is -0.450 e. The molecule has 0 atom stereocenters. The summed E-state index contributed by atoms with van der Waals surface area (Å²) < 4.78 is 44.2. The minimum atomic E-state index is -4.60. The molecule has 10 nitrogen and oxygen atoms in total. The second kappa shape index (κ2) is 10.6. The van der Waals surface area contributed by atoms with E-state index in [1.54, 1.807) is 30.3 Å². The number of benzene rings is 3. The van der Waals surface area contributed by atoms with E-state index in [4.69, 9.17) is 4.74 Å². The predicted octanol–water partition coefficient (Wildman–Crippen LogP) is 5.47. The van der Waals surface area contributed by atoms with Gasteiger partial charge in [0.1, 0.15) is 17.4 Å². The number of hydrogen-bond acceptors (Lipinski definition) is 8. The van der Waals surface area contributed by atoms with Crippen LogP contribution in [-0.2, 0) is 6.18 Å². The number of H-pyrrole nitrogens is 1. The van der Waals surface area contributed by atoms with E-state index in [0.29, 0.717) is 5.56 Å². The first-order chi connectivity index (χ1) is 18.2. The number of nitro benzene ring substituents is 1. The van der Waals surface area contributed by atoms with Gasteiger partial charge in [0.15, 0.2) is 0 Å². The van der Waals surface area contributed by atoms with Gasteiger partial charge in [-0.3, -0.25) is 19.9 Å².